The summed E-state index contributed by atoms with van der Waals surface area (Å²) < 4.78 is 0. The number of carbonyl (C=O) groups is 2. The molecule has 6 heteroatoms. The second-order valence-electron chi connectivity index (χ2n) is 5.68. The first-order valence-electron chi connectivity index (χ1n) is 8.17. The van der Waals surface area contributed by atoms with Gasteiger partial charge in [-0.05, 0) is 49.6 Å². The highest BCUT2D eigenvalue weighted by Gasteiger charge is 2.22. The Balaban J connectivity index is 1.87. The molecule has 2 rings (SSSR count). The number of hydrogen-bond donors (Lipinski definition) is 3. The first-order chi connectivity index (χ1) is 11.1. The Hall–Kier alpha value is -1.69. The third kappa shape index (κ3) is 5.46. The van der Waals surface area contributed by atoms with Crippen LogP contribution in [-0.4, -0.2) is 30.3 Å². The van der Waals surface area contributed by atoms with Crippen molar-refractivity contribution in [1.29, 1.82) is 0 Å². The van der Waals surface area contributed by atoms with Crippen LogP contribution < -0.4 is 16.0 Å². The SMILES string of the molecule is CCSc1ccc([C@@H](C)NC(=O)N[C@@H]2CCCCNC2=O)cc1. The van der Waals surface area contributed by atoms with Gasteiger partial charge in [0.05, 0.1) is 6.04 Å². The lowest BCUT2D eigenvalue weighted by molar-refractivity contribution is -0.122. The summed E-state index contributed by atoms with van der Waals surface area (Å²) in [4.78, 5) is 25.2. The minimum absolute atomic E-state index is 0.0914. The second kappa shape index (κ2) is 8.82. The normalized spacial score (nSPS) is 19.4. The number of carbonyl (C=O) groups excluding carboxylic acids is 2. The molecule has 0 aliphatic carbocycles. The molecular weight excluding hydrogens is 310 g/mol. The van der Waals surface area contributed by atoms with E-state index in [1.165, 1.54) is 4.90 Å². The largest absolute Gasteiger partial charge is 0.354 e. The van der Waals surface area contributed by atoms with Crippen molar-refractivity contribution in [2.75, 3.05) is 12.3 Å². The maximum absolute atomic E-state index is 12.1. The second-order valence-corrected chi connectivity index (χ2v) is 7.02. The molecule has 1 aliphatic rings. The Morgan fingerprint density at radius 1 is 1.35 bits per heavy atom. The molecule has 5 nitrogen and oxygen atoms in total. The summed E-state index contributed by atoms with van der Waals surface area (Å²) in [7, 11) is 0. The molecule has 0 unspecified atom stereocenters. The van der Waals surface area contributed by atoms with Crippen LogP contribution in [0.2, 0.25) is 0 Å². The van der Waals surface area contributed by atoms with Crippen LogP contribution in [0.25, 0.3) is 0 Å². The molecule has 0 aromatic heterocycles. The van der Waals surface area contributed by atoms with Crippen molar-refractivity contribution < 1.29 is 9.59 Å². The number of urea groups is 1. The van der Waals surface area contributed by atoms with Gasteiger partial charge in [0.15, 0.2) is 0 Å². The lowest BCUT2D eigenvalue weighted by Crippen LogP contribution is -2.49. The van der Waals surface area contributed by atoms with E-state index in [1.807, 2.05) is 19.1 Å². The molecule has 1 saturated heterocycles. The van der Waals surface area contributed by atoms with Crippen molar-refractivity contribution in [2.24, 2.45) is 0 Å². The van der Waals surface area contributed by atoms with Crippen LogP contribution in [0.5, 0.6) is 0 Å². The molecule has 0 saturated carbocycles. The molecule has 0 bridgehead atoms. The number of rotatable bonds is 5. The van der Waals surface area contributed by atoms with E-state index in [-0.39, 0.29) is 18.0 Å². The van der Waals surface area contributed by atoms with Gasteiger partial charge in [-0.1, -0.05) is 19.1 Å². The summed E-state index contributed by atoms with van der Waals surface area (Å²) >= 11 is 1.79. The fourth-order valence-electron chi connectivity index (χ4n) is 2.58. The molecule has 0 spiro atoms. The molecule has 3 N–H and O–H groups in total. The average Bonchev–Trinajstić information content (AvgIpc) is 2.73. The van der Waals surface area contributed by atoms with Gasteiger partial charge in [0.1, 0.15) is 6.04 Å². The van der Waals surface area contributed by atoms with Crippen molar-refractivity contribution in [3.8, 4) is 0 Å². The van der Waals surface area contributed by atoms with E-state index in [1.54, 1.807) is 11.8 Å². The van der Waals surface area contributed by atoms with Crippen molar-refractivity contribution in [2.45, 2.75) is 50.1 Å². The summed E-state index contributed by atoms with van der Waals surface area (Å²) in [6, 6.07) is 7.35. The van der Waals surface area contributed by atoms with Crippen LogP contribution in [0, 0.1) is 0 Å². The minimum Gasteiger partial charge on any atom is -0.354 e. The maximum atomic E-state index is 12.1. The first-order valence-corrected chi connectivity index (χ1v) is 9.16. The number of nitrogens with one attached hydrogen (secondary N) is 3. The van der Waals surface area contributed by atoms with Gasteiger partial charge in [-0.3, -0.25) is 4.79 Å². The van der Waals surface area contributed by atoms with Gasteiger partial charge in [-0.15, -0.1) is 11.8 Å². The predicted octanol–water partition coefficient (Wildman–Crippen LogP) is 2.83. The van der Waals surface area contributed by atoms with Gasteiger partial charge >= 0.3 is 6.03 Å². The molecular formula is C17H25N3O2S. The molecule has 1 aromatic carbocycles. The molecule has 1 aromatic rings. The van der Waals surface area contributed by atoms with E-state index in [2.05, 4.69) is 35.0 Å². The van der Waals surface area contributed by atoms with Crippen LogP contribution in [0.3, 0.4) is 0 Å². The Bertz CT molecular complexity index is 533. The molecule has 23 heavy (non-hydrogen) atoms. The Morgan fingerprint density at radius 3 is 2.78 bits per heavy atom. The summed E-state index contributed by atoms with van der Waals surface area (Å²) in [6.07, 6.45) is 2.59. The van der Waals surface area contributed by atoms with E-state index in [9.17, 15) is 9.59 Å². The molecule has 3 amide bonds. The average molecular weight is 335 g/mol. The van der Waals surface area contributed by atoms with Crippen molar-refractivity contribution in [3.63, 3.8) is 0 Å². The molecule has 0 radical (unpaired) electrons. The maximum Gasteiger partial charge on any atom is 0.315 e. The number of thioether (sulfide) groups is 1. The topological polar surface area (TPSA) is 70.2 Å². The van der Waals surface area contributed by atoms with Gasteiger partial charge in [0.2, 0.25) is 5.91 Å². The highest BCUT2D eigenvalue weighted by Crippen LogP contribution is 2.20. The Morgan fingerprint density at radius 2 is 2.09 bits per heavy atom. The summed E-state index contributed by atoms with van der Waals surface area (Å²) in [5.41, 5.74) is 1.05. The van der Waals surface area contributed by atoms with Crippen molar-refractivity contribution in [3.05, 3.63) is 29.8 Å². The van der Waals surface area contributed by atoms with Gasteiger partial charge in [0.25, 0.3) is 0 Å². The van der Waals surface area contributed by atoms with E-state index in [0.29, 0.717) is 13.0 Å². The van der Waals surface area contributed by atoms with Crippen molar-refractivity contribution in [1.82, 2.24) is 16.0 Å². The fraction of sp³-hybridized carbons (Fsp3) is 0.529. The Kier molecular flexibility index (Phi) is 6.77. The van der Waals surface area contributed by atoms with Crippen LogP contribution in [0.15, 0.2) is 29.2 Å². The van der Waals surface area contributed by atoms with Crippen molar-refractivity contribution >= 4 is 23.7 Å². The monoisotopic (exact) mass is 335 g/mol. The van der Waals surface area contributed by atoms with Gasteiger partial charge in [-0.2, -0.15) is 0 Å². The van der Waals surface area contributed by atoms with Gasteiger partial charge < -0.3 is 16.0 Å². The zero-order valence-electron chi connectivity index (χ0n) is 13.7. The minimum atomic E-state index is -0.437. The summed E-state index contributed by atoms with van der Waals surface area (Å²) in [5, 5.41) is 8.49. The number of benzene rings is 1. The van der Waals surface area contributed by atoms with E-state index >= 15 is 0 Å². The van der Waals surface area contributed by atoms with Gasteiger partial charge in [0, 0.05) is 11.4 Å². The molecule has 2 atom stereocenters. The van der Waals surface area contributed by atoms with E-state index < -0.39 is 6.04 Å². The van der Waals surface area contributed by atoms with Crippen LogP contribution in [0.4, 0.5) is 4.79 Å². The third-order valence-corrected chi connectivity index (χ3v) is 4.77. The highest BCUT2D eigenvalue weighted by atomic mass is 32.2. The lowest BCUT2D eigenvalue weighted by Gasteiger charge is -2.19. The molecule has 1 fully saturated rings. The number of hydrogen-bond acceptors (Lipinski definition) is 3. The summed E-state index contributed by atoms with van der Waals surface area (Å²) in [6.45, 7) is 4.75. The smallest absolute Gasteiger partial charge is 0.315 e. The van der Waals surface area contributed by atoms with Crippen LogP contribution in [-0.2, 0) is 4.79 Å². The third-order valence-electron chi connectivity index (χ3n) is 3.88. The van der Waals surface area contributed by atoms with Gasteiger partial charge in [-0.25, -0.2) is 4.79 Å². The summed E-state index contributed by atoms with van der Waals surface area (Å²) in [5.74, 6) is 0.949. The quantitative estimate of drug-likeness (QED) is 0.725. The zero-order chi connectivity index (χ0) is 16.7. The molecule has 1 heterocycles. The highest BCUT2D eigenvalue weighted by molar-refractivity contribution is 7.99. The molecule has 1 aliphatic heterocycles. The standard InChI is InChI=1S/C17H25N3O2S/c1-3-23-14-9-7-13(8-10-14)12(2)19-17(22)20-15-6-4-5-11-18-16(15)21/h7-10,12,15H,3-6,11H2,1-2H3,(H,18,21)(H2,19,20,22)/t12-,15-/m1/s1. The predicted molar refractivity (Wildman–Crippen MR) is 93.6 cm³/mol. The van der Waals surface area contributed by atoms with E-state index in [0.717, 1.165) is 24.2 Å². The van der Waals surface area contributed by atoms with E-state index in [4.69, 9.17) is 0 Å². The van der Waals surface area contributed by atoms with Crippen LogP contribution in [0.1, 0.15) is 44.7 Å². The fourth-order valence-corrected chi connectivity index (χ4v) is 3.24. The number of amides is 3. The lowest BCUT2D eigenvalue weighted by atomic mass is 10.1. The zero-order valence-corrected chi connectivity index (χ0v) is 14.5. The molecule has 126 valence electrons. The van der Waals surface area contributed by atoms with Crippen LogP contribution >= 0.6 is 11.8 Å². The Labute approximate surface area is 142 Å². The first kappa shape index (κ1) is 17.7.